The highest BCUT2D eigenvalue weighted by molar-refractivity contribution is 7.12. The summed E-state index contributed by atoms with van der Waals surface area (Å²) in [7, 11) is 0. The van der Waals surface area contributed by atoms with Crippen LogP contribution in [0.3, 0.4) is 0 Å². The summed E-state index contributed by atoms with van der Waals surface area (Å²) in [6.45, 7) is 0.621. The summed E-state index contributed by atoms with van der Waals surface area (Å²) < 4.78 is 1.72. The highest BCUT2D eigenvalue weighted by Gasteiger charge is 2.18. The van der Waals surface area contributed by atoms with Crippen molar-refractivity contribution in [3.05, 3.63) is 106 Å². The fourth-order valence-electron chi connectivity index (χ4n) is 3.44. The fourth-order valence-corrected chi connectivity index (χ4v) is 4.32. The zero-order valence-corrected chi connectivity index (χ0v) is 17.9. The summed E-state index contributed by atoms with van der Waals surface area (Å²) in [4.78, 5) is 17.9. The number of hydrogen-bond acceptors (Lipinski definition) is 5. The predicted molar refractivity (Wildman–Crippen MR) is 125 cm³/mol. The van der Waals surface area contributed by atoms with E-state index >= 15 is 0 Å². The van der Waals surface area contributed by atoms with Crippen molar-refractivity contribution < 1.29 is 4.79 Å². The molecule has 7 heteroatoms. The zero-order valence-electron chi connectivity index (χ0n) is 16.3. The topological polar surface area (TPSA) is 59.3 Å². The zero-order chi connectivity index (χ0) is 21.2. The van der Waals surface area contributed by atoms with E-state index in [0.717, 1.165) is 27.5 Å². The van der Waals surface area contributed by atoms with E-state index in [9.17, 15) is 4.79 Å². The summed E-state index contributed by atoms with van der Waals surface area (Å²) in [5.74, 6) is -0.0650. The lowest BCUT2D eigenvalue weighted by molar-refractivity contribution is 0.104. The standard InChI is InChI=1S/C24H17ClN4OS/c25-20-8-2-1-5-17(20)14-27-18-7-3-6-16(13-18)21-10-11-26-24-19(15-28-29(21)24)23(30)22-9-4-12-31-22/h1-13,15,27H,14H2. The lowest BCUT2D eigenvalue weighted by atomic mass is 10.1. The third-order valence-corrected chi connectivity index (χ3v) is 6.23. The van der Waals surface area contributed by atoms with Crippen LogP contribution in [0.1, 0.15) is 20.8 Å². The Morgan fingerprint density at radius 1 is 1.06 bits per heavy atom. The van der Waals surface area contributed by atoms with Gasteiger partial charge in [0, 0.05) is 29.0 Å². The van der Waals surface area contributed by atoms with E-state index in [0.29, 0.717) is 22.6 Å². The number of carbonyl (C=O) groups excluding carboxylic acids is 1. The second-order valence-corrected chi connectivity index (χ2v) is 8.31. The van der Waals surface area contributed by atoms with E-state index in [1.807, 2.05) is 72.1 Å². The Morgan fingerprint density at radius 2 is 1.97 bits per heavy atom. The van der Waals surface area contributed by atoms with Gasteiger partial charge in [0.05, 0.1) is 22.3 Å². The van der Waals surface area contributed by atoms with E-state index < -0.39 is 0 Å². The normalized spacial score (nSPS) is 11.0. The molecule has 0 atom stereocenters. The second-order valence-electron chi connectivity index (χ2n) is 6.96. The van der Waals surface area contributed by atoms with Crippen LogP contribution in [0.15, 0.2) is 84.5 Å². The van der Waals surface area contributed by atoms with Crippen molar-refractivity contribution in [2.24, 2.45) is 0 Å². The summed E-state index contributed by atoms with van der Waals surface area (Å²) in [6, 6.07) is 21.4. The molecule has 0 aliphatic carbocycles. The second kappa shape index (κ2) is 8.34. The van der Waals surface area contributed by atoms with Crippen LogP contribution in [0.5, 0.6) is 0 Å². The maximum atomic E-state index is 12.8. The Morgan fingerprint density at radius 3 is 2.81 bits per heavy atom. The molecule has 0 radical (unpaired) electrons. The molecule has 2 aromatic carbocycles. The molecule has 0 aliphatic rings. The Labute approximate surface area is 188 Å². The van der Waals surface area contributed by atoms with Gasteiger partial charge in [0.1, 0.15) is 0 Å². The summed E-state index contributed by atoms with van der Waals surface area (Å²) >= 11 is 7.68. The fraction of sp³-hybridized carbons (Fsp3) is 0.0417. The minimum absolute atomic E-state index is 0.0650. The molecule has 0 saturated heterocycles. The van der Waals surface area contributed by atoms with Gasteiger partial charge in [-0.3, -0.25) is 4.79 Å². The van der Waals surface area contributed by atoms with Crippen LogP contribution in [0.4, 0.5) is 5.69 Å². The molecule has 3 aromatic heterocycles. The van der Waals surface area contributed by atoms with Gasteiger partial charge < -0.3 is 5.32 Å². The van der Waals surface area contributed by atoms with Crippen molar-refractivity contribution in [1.29, 1.82) is 0 Å². The average Bonchev–Trinajstić information content (AvgIpc) is 3.48. The molecule has 31 heavy (non-hydrogen) atoms. The maximum Gasteiger partial charge on any atom is 0.208 e. The van der Waals surface area contributed by atoms with Gasteiger partial charge in [0.15, 0.2) is 5.65 Å². The molecule has 0 unspecified atom stereocenters. The van der Waals surface area contributed by atoms with Gasteiger partial charge in [-0.2, -0.15) is 5.10 Å². The molecule has 5 rings (SSSR count). The van der Waals surface area contributed by atoms with Gasteiger partial charge in [-0.15, -0.1) is 11.3 Å². The summed E-state index contributed by atoms with van der Waals surface area (Å²) in [5.41, 5.74) is 4.86. The first-order valence-corrected chi connectivity index (χ1v) is 10.9. The number of ketones is 1. The molecular formula is C24H17ClN4OS. The first-order chi connectivity index (χ1) is 15.2. The third kappa shape index (κ3) is 3.83. The Balaban J connectivity index is 1.47. The smallest absolute Gasteiger partial charge is 0.208 e. The summed E-state index contributed by atoms with van der Waals surface area (Å²) in [6.07, 6.45) is 3.30. The van der Waals surface area contributed by atoms with Gasteiger partial charge in [-0.1, -0.05) is 48.0 Å². The molecule has 5 nitrogen and oxygen atoms in total. The van der Waals surface area contributed by atoms with E-state index in [4.69, 9.17) is 11.6 Å². The third-order valence-electron chi connectivity index (χ3n) is 4.99. The number of nitrogens with one attached hydrogen (secondary N) is 1. The number of anilines is 1. The summed E-state index contributed by atoms with van der Waals surface area (Å²) in [5, 5.41) is 10.5. The molecule has 0 saturated carbocycles. The number of nitrogens with zero attached hydrogens (tertiary/aromatic N) is 3. The highest BCUT2D eigenvalue weighted by Crippen LogP contribution is 2.26. The molecule has 3 heterocycles. The first kappa shape index (κ1) is 19.5. The quantitative estimate of drug-likeness (QED) is 0.328. The molecule has 0 aliphatic heterocycles. The number of thiophene rings is 1. The highest BCUT2D eigenvalue weighted by atomic mass is 35.5. The average molecular weight is 445 g/mol. The molecule has 5 aromatic rings. The van der Waals surface area contributed by atoms with Crippen LogP contribution in [0.2, 0.25) is 5.02 Å². The van der Waals surface area contributed by atoms with Crippen LogP contribution in [0, 0.1) is 0 Å². The monoisotopic (exact) mass is 444 g/mol. The number of hydrogen-bond donors (Lipinski definition) is 1. The largest absolute Gasteiger partial charge is 0.381 e. The van der Waals surface area contributed by atoms with Gasteiger partial charge >= 0.3 is 0 Å². The molecule has 0 bridgehead atoms. The van der Waals surface area contributed by atoms with Crippen LogP contribution in [-0.4, -0.2) is 20.4 Å². The molecule has 1 N–H and O–H groups in total. The van der Waals surface area contributed by atoms with Gasteiger partial charge in [-0.05, 0) is 41.3 Å². The number of rotatable bonds is 6. The van der Waals surface area contributed by atoms with E-state index in [2.05, 4.69) is 15.4 Å². The van der Waals surface area contributed by atoms with Gasteiger partial charge in [0.2, 0.25) is 5.78 Å². The predicted octanol–water partition coefficient (Wildman–Crippen LogP) is 5.95. The van der Waals surface area contributed by atoms with Crippen LogP contribution >= 0.6 is 22.9 Å². The lowest BCUT2D eigenvalue weighted by Gasteiger charge is -2.10. The van der Waals surface area contributed by atoms with Gasteiger partial charge in [0.25, 0.3) is 0 Å². The van der Waals surface area contributed by atoms with Gasteiger partial charge in [-0.25, -0.2) is 9.50 Å². The number of fused-ring (bicyclic) bond motifs is 1. The Hall–Kier alpha value is -3.48. The van der Waals surface area contributed by atoms with Crippen molar-refractivity contribution in [2.75, 3.05) is 5.32 Å². The van der Waals surface area contributed by atoms with Crippen LogP contribution in [0.25, 0.3) is 16.9 Å². The minimum Gasteiger partial charge on any atom is -0.381 e. The van der Waals surface area contributed by atoms with E-state index in [1.165, 1.54) is 11.3 Å². The molecule has 0 fully saturated rings. The van der Waals surface area contributed by atoms with E-state index in [1.54, 1.807) is 16.9 Å². The number of halogens is 1. The number of carbonyl (C=O) groups is 1. The first-order valence-electron chi connectivity index (χ1n) is 9.69. The van der Waals surface area contributed by atoms with Crippen molar-refractivity contribution in [3.8, 4) is 11.3 Å². The molecule has 0 amide bonds. The maximum absolute atomic E-state index is 12.8. The lowest BCUT2D eigenvalue weighted by Crippen LogP contribution is -2.02. The molecule has 152 valence electrons. The van der Waals surface area contributed by atoms with Crippen LogP contribution in [-0.2, 0) is 6.54 Å². The number of aromatic nitrogens is 3. The molecular weight excluding hydrogens is 428 g/mol. The Kier molecular flexibility index (Phi) is 5.24. The van der Waals surface area contributed by atoms with E-state index in [-0.39, 0.29) is 5.78 Å². The van der Waals surface area contributed by atoms with Crippen molar-refractivity contribution in [1.82, 2.24) is 14.6 Å². The number of benzene rings is 2. The molecule has 0 spiro atoms. The van der Waals surface area contributed by atoms with Crippen molar-refractivity contribution in [2.45, 2.75) is 6.54 Å². The minimum atomic E-state index is -0.0650. The van der Waals surface area contributed by atoms with Crippen LogP contribution < -0.4 is 5.32 Å². The van der Waals surface area contributed by atoms with Crippen molar-refractivity contribution >= 4 is 40.1 Å². The van der Waals surface area contributed by atoms with Crippen molar-refractivity contribution in [3.63, 3.8) is 0 Å². The Bertz CT molecular complexity index is 1380. The SMILES string of the molecule is O=C(c1cccs1)c1cnn2c(-c3cccc(NCc4ccccc4Cl)c3)ccnc12.